The highest BCUT2D eigenvalue weighted by Gasteiger charge is 2.34. The quantitative estimate of drug-likeness (QED) is 0.729. The first-order chi connectivity index (χ1) is 12.6. The third-order valence-corrected chi connectivity index (χ3v) is 5.10. The zero-order valence-corrected chi connectivity index (χ0v) is 15.7. The minimum Gasteiger partial charge on any atom is -0.390 e. The van der Waals surface area contributed by atoms with Crippen LogP contribution in [0.5, 0.6) is 0 Å². The number of amides is 1. The molecule has 6 heteroatoms. The molecule has 2 unspecified atom stereocenters. The highest BCUT2D eigenvalue weighted by atomic mass is 32.1. The number of nitrogens with one attached hydrogen (secondary N) is 1. The molecule has 2 N–H and O–H groups in total. The summed E-state index contributed by atoms with van der Waals surface area (Å²) < 4.78 is 0. The number of β-amino-alcohol motifs (C(OH)–C–C–N with tert-alkyl or cyclic N) is 1. The summed E-state index contributed by atoms with van der Waals surface area (Å²) in [6.07, 6.45) is -0.522. The van der Waals surface area contributed by atoms with Gasteiger partial charge in [-0.1, -0.05) is 48.5 Å². The van der Waals surface area contributed by atoms with Crippen molar-refractivity contribution in [3.05, 3.63) is 58.9 Å². The molecular formula is C20H23N3O2S. The number of aromatic nitrogens is 1. The first-order valence-corrected chi connectivity index (χ1v) is 9.48. The Labute approximate surface area is 157 Å². The van der Waals surface area contributed by atoms with Gasteiger partial charge in [-0.2, -0.15) is 0 Å². The Hall–Kier alpha value is -2.28. The molecule has 0 bridgehead atoms. The fourth-order valence-electron chi connectivity index (χ4n) is 3.07. The first-order valence-electron chi connectivity index (χ1n) is 8.61. The molecule has 0 saturated carbocycles. The van der Waals surface area contributed by atoms with Gasteiger partial charge in [0.05, 0.1) is 17.2 Å². The van der Waals surface area contributed by atoms with Crippen molar-refractivity contribution in [2.24, 2.45) is 0 Å². The Morgan fingerprint density at radius 3 is 2.12 bits per heavy atom. The number of anilines is 1. The van der Waals surface area contributed by atoms with Crippen LogP contribution >= 0.6 is 11.3 Å². The van der Waals surface area contributed by atoms with Crippen LogP contribution < -0.4 is 10.2 Å². The molecule has 0 spiro atoms. The van der Waals surface area contributed by atoms with E-state index in [2.05, 4.69) is 58.8 Å². The number of benzene rings is 2. The molecule has 2 heterocycles. The zero-order chi connectivity index (χ0) is 18.5. The van der Waals surface area contributed by atoms with Gasteiger partial charge in [-0.05, 0) is 17.7 Å². The van der Waals surface area contributed by atoms with Crippen molar-refractivity contribution in [2.45, 2.75) is 26.0 Å². The lowest BCUT2D eigenvalue weighted by molar-refractivity contribution is -0.117. The monoisotopic (exact) mass is 369 g/mol. The van der Waals surface area contributed by atoms with E-state index in [1.54, 1.807) is 4.90 Å². The van der Waals surface area contributed by atoms with E-state index in [9.17, 15) is 9.90 Å². The normalized spacial score (nSPS) is 19.0. The molecule has 4 rings (SSSR count). The Morgan fingerprint density at radius 2 is 1.73 bits per heavy atom. The van der Waals surface area contributed by atoms with Crippen LogP contribution in [-0.2, 0) is 4.79 Å². The molecule has 136 valence electrons. The molecule has 1 amide bonds. The Morgan fingerprint density at radius 1 is 1.15 bits per heavy atom. The van der Waals surface area contributed by atoms with Crippen LogP contribution in [0.2, 0.25) is 0 Å². The predicted octanol–water partition coefficient (Wildman–Crippen LogP) is 2.98. The molecular weight excluding hydrogens is 346 g/mol. The van der Waals surface area contributed by atoms with Gasteiger partial charge in [0.15, 0.2) is 0 Å². The molecule has 2 aromatic carbocycles. The van der Waals surface area contributed by atoms with Crippen LogP contribution in [0, 0.1) is 6.92 Å². The summed E-state index contributed by atoms with van der Waals surface area (Å²) in [5.74, 6) is 0.556. The number of hydrogen-bond acceptors (Lipinski definition) is 5. The molecule has 0 aliphatic carbocycles. The van der Waals surface area contributed by atoms with Gasteiger partial charge in [-0.3, -0.25) is 9.69 Å². The second kappa shape index (κ2) is 8.40. The SMILES string of the molecule is CC(=O)N(c1csc(C)n1)C1CNCC1O.c1ccc2ccccc2c1. The van der Waals surface area contributed by atoms with Crippen molar-refractivity contribution in [3.63, 3.8) is 0 Å². The van der Waals surface area contributed by atoms with Gasteiger partial charge in [0.2, 0.25) is 5.91 Å². The molecule has 1 fully saturated rings. The second-order valence-electron chi connectivity index (χ2n) is 6.25. The Kier molecular flexibility index (Phi) is 5.98. The van der Waals surface area contributed by atoms with Gasteiger partial charge in [0.1, 0.15) is 5.82 Å². The fraction of sp³-hybridized carbons (Fsp3) is 0.300. The largest absolute Gasteiger partial charge is 0.390 e. The highest BCUT2D eigenvalue weighted by Crippen LogP contribution is 2.22. The molecule has 1 aliphatic rings. The second-order valence-corrected chi connectivity index (χ2v) is 7.32. The average Bonchev–Trinajstić information content (AvgIpc) is 3.25. The summed E-state index contributed by atoms with van der Waals surface area (Å²) in [5.41, 5.74) is 0. The van der Waals surface area contributed by atoms with Gasteiger partial charge >= 0.3 is 0 Å². The van der Waals surface area contributed by atoms with Crippen molar-refractivity contribution in [2.75, 3.05) is 18.0 Å². The van der Waals surface area contributed by atoms with Crippen molar-refractivity contribution < 1.29 is 9.90 Å². The van der Waals surface area contributed by atoms with Crippen molar-refractivity contribution in [3.8, 4) is 0 Å². The Bertz CT molecular complexity index is 815. The van der Waals surface area contributed by atoms with E-state index < -0.39 is 6.10 Å². The number of rotatable bonds is 2. The lowest BCUT2D eigenvalue weighted by Gasteiger charge is -2.27. The summed E-state index contributed by atoms with van der Waals surface area (Å²) in [6, 6.07) is 16.5. The standard InChI is InChI=1S/C10H15N3O2S.C10H8/c1-6-12-10(5-16-6)13(7(2)14)8-3-11-4-9(8)15;1-2-6-10-8-4-3-7-9(10)5-1/h5,8-9,11,15H,3-4H2,1-2H3;1-8H. The number of carbonyl (C=O) groups is 1. The van der Waals surface area contributed by atoms with Crippen LogP contribution in [0.4, 0.5) is 5.82 Å². The van der Waals surface area contributed by atoms with Gasteiger partial charge in [-0.15, -0.1) is 11.3 Å². The smallest absolute Gasteiger partial charge is 0.225 e. The van der Waals surface area contributed by atoms with Crippen LogP contribution in [0.15, 0.2) is 53.9 Å². The first kappa shape index (κ1) is 18.5. The summed E-state index contributed by atoms with van der Waals surface area (Å²) in [6.45, 7) is 4.53. The third-order valence-electron chi connectivity index (χ3n) is 4.33. The number of fused-ring (bicyclic) bond motifs is 1. The van der Waals surface area contributed by atoms with Crippen LogP contribution in [-0.4, -0.2) is 41.2 Å². The number of carbonyl (C=O) groups excluding carboxylic acids is 1. The van der Waals surface area contributed by atoms with Crippen LogP contribution in [0.1, 0.15) is 11.9 Å². The molecule has 1 aliphatic heterocycles. The van der Waals surface area contributed by atoms with Crippen LogP contribution in [0.25, 0.3) is 10.8 Å². The lowest BCUT2D eigenvalue weighted by atomic mass is 10.1. The van der Waals surface area contributed by atoms with E-state index in [-0.39, 0.29) is 11.9 Å². The van der Waals surface area contributed by atoms with Gasteiger partial charge in [0.25, 0.3) is 0 Å². The number of nitrogens with zero attached hydrogens (tertiary/aromatic N) is 2. The maximum Gasteiger partial charge on any atom is 0.225 e. The van der Waals surface area contributed by atoms with Crippen LogP contribution in [0.3, 0.4) is 0 Å². The summed E-state index contributed by atoms with van der Waals surface area (Å²) in [5, 5.41) is 18.2. The van der Waals surface area contributed by atoms with E-state index in [4.69, 9.17) is 0 Å². The molecule has 0 radical (unpaired) electrons. The maximum absolute atomic E-state index is 11.6. The topological polar surface area (TPSA) is 65.5 Å². The molecule has 1 aromatic heterocycles. The maximum atomic E-state index is 11.6. The number of aliphatic hydroxyl groups is 1. The minimum atomic E-state index is -0.522. The van der Waals surface area contributed by atoms with E-state index >= 15 is 0 Å². The number of aliphatic hydroxyl groups excluding tert-OH is 1. The summed E-state index contributed by atoms with van der Waals surface area (Å²) >= 11 is 1.50. The summed E-state index contributed by atoms with van der Waals surface area (Å²) in [4.78, 5) is 17.5. The molecule has 1 saturated heterocycles. The van der Waals surface area contributed by atoms with E-state index in [1.165, 1.54) is 29.0 Å². The van der Waals surface area contributed by atoms with Gasteiger partial charge < -0.3 is 10.4 Å². The average molecular weight is 369 g/mol. The highest BCUT2D eigenvalue weighted by molar-refractivity contribution is 7.09. The van der Waals surface area contributed by atoms with Gasteiger partial charge in [-0.25, -0.2) is 4.98 Å². The van der Waals surface area contributed by atoms with Crippen molar-refractivity contribution >= 4 is 33.8 Å². The zero-order valence-electron chi connectivity index (χ0n) is 14.9. The Balaban J connectivity index is 0.000000167. The van der Waals surface area contributed by atoms with Crippen molar-refractivity contribution in [1.82, 2.24) is 10.3 Å². The van der Waals surface area contributed by atoms with E-state index in [1.807, 2.05) is 12.3 Å². The van der Waals surface area contributed by atoms with Crippen molar-refractivity contribution in [1.29, 1.82) is 0 Å². The van der Waals surface area contributed by atoms with E-state index in [0.717, 1.165) is 5.01 Å². The predicted molar refractivity (Wildman–Crippen MR) is 107 cm³/mol. The fourth-order valence-corrected chi connectivity index (χ4v) is 3.66. The molecule has 5 nitrogen and oxygen atoms in total. The lowest BCUT2D eigenvalue weighted by Crippen LogP contribution is -2.46. The number of aryl methyl sites for hydroxylation is 1. The minimum absolute atomic E-state index is 0.0851. The molecule has 2 atom stereocenters. The summed E-state index contributed by atoms with van der Waals surface area (Å²) in [7, 11) is 0. The van der Waals surface area contributed by atoms with Gasteiger partial charge in [0, 0.05) is 25.4 Å². The third kappa shape index (κ3) is 4.27. The molecule has 26 heavy (non-hydrogen) atoms. The van der Waals surface area contributed by atoms with E-state index in [0.29, 0.717) is 18.9 Å². The molecule has 3 aromatic rings. The number of thiazole rings is 1. The number of hydrogen-bond donors (Lipinski definition) is 2.